The van der Waals surface area contributed by atoms with E-state index >= 15 is 0 Å². The van der Waals surface area contributed by atoms with Crippen molar-refractivity contribution in [1.29, 1.82) is 0 Å². The van der Waals surface area contributed by atoms with Gasteiger partial charge in [0, 0.05) is 24.7 Å². The fourth-order valence-electron chi connectivity index (χ4n) is 3.52. The second kappa shape index (κ2) is 8.77. The summed E-state index contributed by atoms with van der Waals surface area (Å²) in [5, 5.41) is 9.27. The average Bonchev–Trinajstić information content (AvgIpc) is 2.53. The number of carbonyl (C=O) groups excluding carboxylic acids is 1. The van der Waals surface area contributed by atoms with Crippen LogP contribution in [-0.4, -0.2) is 52.1 Å². The predicted octanol–water partition coefficient (Wildman–Crippen LogP) is 3.19. The molecule has 25 heavy (non-hydrogen) atoms. The van der Waals surface area contributed by atoms with Gasteiger partial charge in [0.25, 0.3) is 0 Å². The lowest BCUT2D eigenvalue weighted by molar-refractivity contribution is -0.139. The molecule has 1 unspecified atom stereocenters. The van der Waals surface area contributed by atoms with E-state index in [4.69, 9.17) is 0 Å². The van der Waals surface area contributed by atoms with Gasteiger partial charge in [0.1, 0.15) is 5.82 Å². The van der Waals surface area contributed by atoms with Crippen molar-refractivity contribution in [3.8, 4) is 0 Å². The van der Waals surface area contributed by atoms with E-state index in [0.717, 1.165) is 31.4 Å². The van der Waals surface area contributed by atoms with Crippen molar-refractivity contribution in [2.45, 2.75) is 64.6 Å². The third kappa shape index (κ3) is 5.79. The van der Waals surface area contributed by atoms with Crippen molar-refractivity contribution in [3.05, 3.63) is 35.6 Å². The second-order valence-corrected chi connectivity index (χ2v) is 7.91. The van der Waals surface area contributed by atoms with Crippen molar-refractivity contribution in [1.82, 2.24) is 9.80 Å². The number of hydrogen-bond donors (Lipinski definition) is 1. The molecule has 0 bridgehead atoms. The maximum Gasteiger partial charge on any atom is 0.237 e. The molecule has 140 valence electrons. The van der Waals surface area contributed by atoms with Crippen LogP contribution in [0.1, 0.15) is 52.0 Å². The monoisotopic (exact) mass is 350 g/mol. The van der Waals surface area contributed by atoms with Crippen molar-refractivity contribution >= 4 is 5.91 Å². The number of likely N-dealkylation sites (tertiary alicyclic amines) is 1. The zero-order valence-corrected chi connectivity index (χ0v) is 15.7. The van der Waals surface area contributed by atoms with Gasteiger partial charge in [-0.25, -0.2) is 4.39 Å². The number of aliphatic hydroxyl groups is 1. The Morgan fingerprint density at radius 1 is 1.36 bits per heavy atom. The van der Waals surface area contributed by atoms with Crippen molar-refractivity contribution in [2.75, 3.05) is 19.7 Å². The van der Waals surface area contributed by atoms with E-state index in [-0.39, 0.29) is 29.9 Å². The van der Waals surface area contributed by atoms with Crippen LogP contribution in [0.15, 0.2) is 24.3 Å². The first-order chi connectivity index (χ1) is 11.8. The van der Waals surface area contributed by atoms with Crippen LogP contribution in [0.2, 0.25) is 0 Å². The van der Waals surface area contributed by atoms with E-state index in [1.54, 1.807) is 6.07 Å². The van der Waals surface area contributed by atoms with E-state index in [2.05, 4.69) is 4.90 Å². The second-order valence-electron chi connectivity index (χ2n) is 7.91. The molecule has 1 saturated heterocycles. The summed E-state index contributed by atoms with van der Waals surface area (Å²) in [5.74, 6) is -0.223. The molecule has 0 spiro atoms. The quantitative estimate of drug-likeness (QED) is 0.857. The third-order valence-corrected chi connectivity index (χ3v) is 4.89. The Morgan fingerprint density at radius 2 is 2.12 bits per heavy atom. The smallest absolute Gasteiger partial charge is 0.237 e. The van der Waals surface area contributed by atoms with Crippen LogP contribution in [-0.2, 0) is 11.3 Å². The number of amides is 1. The Kier molecular flexibility index (Phi) is 6.96. The molecule has 2 rings (SSSR count). The highest BCUT2D eigenvalue weighted by molar-refractivity contribution is 5.79. The molecule has 0 saturated carbocycles. The fourth-order valence-corrected chi connectivity index (χ4v) is 3.52. The summed E-state index contributed by atoms with van der Waals surface area (Å²) in [6, 6.07) is 6.71. The summed E-state index contributed by atoms with van der Waals surface area (Å²) in [4.78, 5) is 17.1. The lowest BCUT2D eigenvalue weighted by atomic mass is 9.99. The zero-order chi connectivity index (χ0) is 18.4. The van der Waals surface area contributed by atoms with Crippen LogP contribution >= 0.6 is 0 Å². The van der Waals surface area contributed by atoms with Gasteiger partial charge in [-0.1, -0.05) is 18.6 Å². The summed E-state index contributed by atoms with van der Waals surface area (Å²) in [7, 11) is 0. The van der Waals surface area contributed by atoms with Gasteiger partial charge in [-0.05, 0) is 64.3 Å². The maximum atomic E-state index is 13.5. The number of halogens is 1. The van der Waals surface area contributed by atoms with Gasteiger partial charge in [-0.2, -0.15) is 0 Å². The molecular formula is C20H31FN2O2. The van der Waals surface area contributed by atoms with Crippen molar-refractivity contribution in [2.24, 2.45) is 0 Å². The molecule has 1 N–H and O–H groups in total. The van der Waals surface area contributed by atoms with Crippen LogP contribution in [0.4, 0.5) is 4.39 Å². The first-order valence-corrected chi connectivity index (χ1v) is 9.21. The van der Waals surface area contributed by atoms with Gasteiger partial charge >= 0.3 is 0 Å². The molecule has 1 amide bonds. The molecule has 0 aromatic heterocycles. The molecular weight excluding hydrogens is 319 g/mol. The molecule has 1 aliphatic rings. The van der Waals surface area contributed by atoms with Gasteiger partial charge in [0.15, 0.2) is 0 Å². The molecule has 1 heterocycles. The van der Waals surface area contributed by atoms with Gasteiger partial charge < -0.3 is 10.0 Å². The van der Waals surface area contributed by atoms with E-state index in [0.29, 0.717) is 19.5 Å². The highest BCUT2D eigenvalue weighted by atomic mass is 19.1. The van der Waals surface area contributed by atoms with Crippen LogP contribution < -0.4 is 0 Å². The summed E-state index contributed by atoms with van der Waals surface area (Å²) in [6.07, 6.45) is 4.00. The third-order valence-electron chi connectivity index (χ3n) is 4.89. The molecule has 1 aliphatic heterocycles. The average molecular weight is 350 g/mol. The summed E-state index contributed by atoms with van der Waals surface area (Å²) >= 11 is 0. The molecule has 1 aromatic rings. The van der Waals surface area contributed by atoms with Gasteiger partial charge in [0.05, 0.1) is 6.54 Å². The molecule has 1 atom stereocenters. The Bertz CT molecular complexity index is 569. The van der Waals surface area contributed by atoms with Gasteiger partial charge in [0.2, 0.25) is 5.91 Å². The highest BCUT2D eigenvalue weighted by Gasteiger charge is 2.30. The predicted molar refractivity (Wildman–Crippen MR) is 97.6 cm³/mol. The summed E-state index contributed by atoms with van der Waals surface area (Å²) < 4.78 is 13.5. The molecule has 1 aromatic carbocycles. The summed E-state index contributed by atoms with van der Waals surface area (Å²) in [5.41, 5.74) is 0.458. The number of piperidine rings is 1. The van der Waals surface area contributed by atoms with Crippen molar-refractivity contribution in [3.63, 3.8) is 0 Å². The van der Waals surface area contributed by atoms with E-state index in [1.807, 2.05) is 31.7 Å². The van der Waals surface area contributed by atoms with Crippen LogP contribution in [0, 0.1) is 5.82 Å². The van der Waals surface area contributed by atoms with Crippen LogP contribution in [0.3, 0.4) is 0 Å². The Labute approximate surface area is 150 Å². The van der Waals surface area contributed by atoms with Crippen molar-refractivity contribution < 1.29 is 14.3 Å². The molecule has 5 heteroatoms. The molecule has 1 fully saturated rings. The Morgan fingerprint density at radius 3 is 2.76 bits per heavy atom. The number of rotatable bonds is 6. The SMILES string of the molecule is CC(C)(C)N(Cc1cccc(F)c1)C(=O)CN1CCCCC1CCO. The first-order valence-electron chi connectivity index (χ1n) is 9.21. The normalized spacial score (nSPS) is 19.0. The number of hydrogen-bond acceptors (Lipinski definition) is 3. The highest BCUT2D eigenvalue weighted by Crippen LogP contribution is 2.22. The minimum atomic E-state index is -0.342. The standard InChI is InChI=1S/C20H31FN2O2/c1-20(2,3)23(14-16-7-6-8-17(21)13-16)19(25)15-22-11-5-4-9-18(22)10-12-24/h6-8,13,18,24H,4-5,9-12,14-15H2,1-3H3. The van der Waals surface area contributed by atoms with Gasteiger partial charge in [-0.15, -0.1) is 0 Å². The topological polar surface area (TPSA) is 43.8 Å². The lowest BCUT2D eigenvalue weighted by Gasteiger charge is -2.40. The number of aliphatic hydroxyl groups excluding tert-OH is 1. The molecule has 4 nitrogen and oxygen atoms in total. The lowest BCUT2D eigenvalue weighted by Crippen LogP contribution is -2.51. The Balaban J connectivity index is 2.10. The minimum Gasteiger partial charge on any atom is -0.396 e. The number of benzene rings is 1. The van der Waals surface area contributed by atoms with Crippen LogP contribution in [0.5, 0.6) is 0 Å². The first kappa shape index (κ1) is 19.9. The number of nitrogens with zero attached hydrogens (tertiary/aromatic N) is 2. The van der Waals surface area contributed by atoms with E-state index in [9.17, 15) is 14.3 Å². The van der Waals surface area contributed by atoms with E-state index in [1.165, 1.54) is 12.1 Å². The fraction of sp³-hybridized carbons (Fsp3) is 0.650. The molecule has 0 aliphatic carbocycles. The van der Waals surface area contributed by atoms with Crippen LogP contribution in [0.25, 0.3) is 0 Å². The Hall–Kier alpha value is -1.46. The number of carbonyl (C=O) groups is 1. The maximum absolute atomic E-state index is 13.5. The molecule has 0 radical (unpaired) electrons. The van der Waals surface area contributed by atoms with Gasteiger partial charge in [-0.3, -0.25) is 9.69 Å². The summed E-state index contributed by atoms with van der Waals surface area (Å²) in [6.45, 7) is 7.83. The zero-order valence-electron chi connectivity index (χ0n) is 15.7. The van der Waals surface area contributed by atoms with E-state index < -0.39 is 0 Å². The minimum absolute atomic E-state index is 0.0570. The largest absolute Gasteiger partial charge is 0.396 e.